The first-order chi connectivity index (χ1) is 8.15. The molecule has 2 N–H and O–H groups in total. The van der Waals surface area contributed by atoms with Crippen molar-refractivity contribution < 1.29 is 4.79 Å². The Balaban J connectivity index is 1.68. The monoisotopic (exact) mass is 239 g/mol. The van der Waals surface area contributed by atoms with Crippen LogP contribution in [0.15, 0.2) is 0 Å². The fraction of sp³-hybridized carbons (Fsp3) is 0.923. The van der Waals surface area contributed by atoms with Crippen LogP contribution in [0.1, 0.15) is 39.5 Å². The van der Waals surface area contributed by atoms with Gasteiger partial charge in [-0.05, 0) is 52.6 Å². The minimum absolute atomic E-state index is 0.119. The van der Waals surface area contributed by atoms with Crippen LogP contribution in [0.4, 0.5) is 0 Å². The summed E-state index contributed by atoms with van der Waals surface area (Å²) in [5, 5.41) is 6.32. The van der Waals surface area contributed by atoms with Crippen LogP contribution in [0.5, 0.6) is 0 Å². The summed E-state index contributed by atoms with van der Waals surface area (Å²) in [6.45, 7) is 6.94. The second-order valence-electron chi connectivity index (χ2n) is 5.66. The molecule has 0 bridgehead atoms. The molecule has 0 aliphatic carbocycles. The Hall–Kier alpha value is -0.610. The molecule has 17 heavy (non-hydrogen) atoms. The number of hydrogen-bond acceptors (Lipinski definition) is 3. The molecule has 2 atom stereocenters. The van der Waals surface area contributed by atoms with Gasteiger partial charge in [0.1, 0.15) is 0 Å². The molecule has 4 heteroatoms. The first kappa shape index (κ1) is 12.8. The van der Waals surface area contributed by atoms with Crippen molar-refractivity contribution in [2.75, 3.05) is 19.6 Å². The Morgan fingerprint density at radius 1 is 1.35 bits per heavy atom. The lowest BCUT2D eigenvalue weighted by molar-refractivity contribution is -0.120. The van der Waals surface area contributed by atoms with Crippen LogP contribution < -0.4 is 10.6 Å². The van der Waals surface area contributed by atoms with Crippen LogP contribution in [0.2, 0.25) is 0 Å². The molecule has 0 aromatic heterocycles. The maximum absolute atomic E-state index is 11.5. The lowest BCUT2D eigenvalue weighted by Gasteiger charge is -2.35. The molecule has 2 heterocycles. The summed E-state index contributed by atoms with van der Waals surface area (Å²) in [6, 6.07) is 1.54. The van der Waals surface area contributed by atoms with Gasteiger partial charge >= 0.3 is 0 Å². The average molecular weight is 239 g/mol. The van der Waals surface area contributed by atoms with E-state index in [0.29, 0.717) is 12.6 Å². The van der Waals surface area contributed by atoms with Crippen LogP contribution in [0.25, 0.3) is 0 Å². The Bertz CT molecular complexity index is 267. The summed E-state index contributed by atoms with van der Waals surface area (Å²) in [6.07, 6.45) is 5.10. The molecule has 2 aliphatic rings. The van der Waals surface area contributed by atoms with Crippen molar-refractivity contribution in [1.29, 1.82) is 0 Å². The highest BCUT2D eigenvalue weighted by Crippen LogP contribution is 2.26. The molecule has 2 aliphatic heterocycles. The molecule has 0 aromatic carbocycles. The fourth-order valence-corrected chi connectivity index (χ4v) is 3.02. The van der Waals surface area contributed by atoms with Crippen molar-refractivity contribution >= 4 is 5.91 Å². The molecule has 2 saturated heterocycles. The van der Waals surface area contributed by atoms with Crippen LogP contribution in [-0.4, -0.2) is 48.6 Å². The molecular weight excluding hydrogens is 214 g/mol. The van der Waals surface area contributed by atoms with Crippen molar-refractivity contribution in [3.05, 3.63) is 0 Å². The largest absolute Gasteiger partial charge is 0.353 e. The van der Waals surface area contributed by atoms with Gasteiger partial charge in [-0.3, -0.25) is 4.79 Å². The summed E-state index contributed by atoms with van der Waals surface area (Å²) in [5.74, 6) is 0.119. The van der Waals surface area contributed by atoms with Gasteiger partial charge in [-0.2, -0.15) is 0 Å². The lowest BCUT2D eigenvalue weighted by Crippen LogP contribution is -2.48. The number of nitrogens with one attached hydrogen (secondary N) is 2. The number of piperidine rings is 1. The molecule has 0 radical (unpaired) electrons. The molecule has 0 aromatic rings. The van der Waals surface area contributed by atoms with Gasteiger partial charge in [0.2, 0.25) is 5.91 Å². The normalized spacial score (nSPS) is 29.4. The van der Waals surface area contributed by atoms with E-state index in [1.165, 1.54) is 38.8 Å². The molecular formula is C13H25N3O. The number of fused-ring (bicyclic) bond motifs is 1. The summed E-state index contributed by atoms with van der Waals surface area (Å²) < 4.78 is 0. The number of carbonyl (C=O) groups excluding carboxylic acids is 1. The van der Waals surface area contributed by atoms with Gasteiger partial charge in [-0.25, -0.2) is 0 Å². The molecule has 98 valence electrons. The summed E-state index contributed by atoms with van der Waals surface area (Å²) in [7, 11) is 0. The Morgan fingerprint density at radius 3 is 2.94 bits per heavy atom. The van der Waals surface area contributed by atoms with Crippen LogP contribution in [-0.2, 0) is 4.79 Å². The summed E-state index contributed by atoms with van der Waals surface area (Å²) >= 11 is 0. The van der Waals surface area contributed by atoms with Gasteiger partial charge in [-0.15, -0.1) is 0 Å². The Kier molecular flexibility index (Phi) is 4.40. The molecule has 4 nitrogen and oxygen atoms in total. The van der Waals surface area contributed by atoms with E-state index in [4.69, 9.17) is 0 Å². The van der Waals surface area contributed by atoms with E-state index in [2.05, 4.69) is 15.5 Å². The van der Waals surface area contributed by atoms with Gasteiger partial charge < -0.3 is 15.5 Å². The highest BCUT2D eigenvalue weighted by molar-refractivity contribution is 5.78. The van der Waals surface area contributed by atoms with Gasteiger partial charge in [-0.1, -0.05) is 0 Å². The third-order valence-corrected chi connectivity index (χ3v) is 3.82. The average Bonchev–Trinajstić information content (AvgIpc) is 2.72. The zero-order valence-electron chi connectivity index (χ0n) is 11.0. The number of nitrogens with zero attached hydrogens (tertiary/aromatic N) is 1. The van der Waals surface area contributed by atoms with Crippen molar-refractivity contribution in [3.8, 4) is 0 Å². The van der Waals surface area contributed by atoms with E-state index in [1.807, 2.05) is 13.8 Å². The maximum Gasteiger partial charge on any atom is 0.234 e. The highest BCUT2D eigenvalue weighted by atomic mass is 16.1. The van der Waals surface area contributed by atoms with E-state index < -0.39 is 0 Å². The van der Waals surface area contributed by atoms with E-state index in [9.17, 15) is 4.79 Å². The van der Waals surface area contributed by atoms with Crippen LogP contribution in [0, 0.1) is 0 Å². The quantitative estimate of drug-likeness (QED) is 0.760. The lowest BCUT2D eigenvalue weighted by atomic mass is 9.97. The topological polar surface area (TPSA) is 44.4 Å². The maximum atomic E-state index is 11.5. The number of rotatable bonds is 4. The molecule has 2 fully saturated rings. The molecule has 2 unspecified atom stereocenters. The van der Waals surface area contributed by atoms with Crippen molar-refractivity contribution in [1.82, 2.24) is 15.5 Å². The third-order valence-electron chi connectivity index (χ3n) is 3.82. The number of amides is 1. The van der Waals surface area contributed by atoms with Gasteiger partial charge in [0.25, 0.3) is 0 Å². The van der Waals surface area contributed by atoms with Crippen molar-refractivity contribution in [3.63, 3.8) is 0 Å². The first-order valence-electron chi connectivity index (χ1n) is 6.92. The predicted molar refractivity (Wildman–Crippen MR) is 68.9 cm³/mol. The predicted octanol–water partition coefficient (Wildman–Crippen LogP) is 0.727. The zero-order valence-corrected chi connectivity index (χ0v) is 11.0. The summed E-state index contributed by atoms with van der Waals surface area (Å²) in [5.41, 5.74) is 0. The smallest absolute Gasteiger partial charge is 0.234 e. The van der Waals surface area contributed by atoms with E-state index in [-0.39, 0.29) is 11.9 Å². The molecule has 0 saturated carbocycles. The van der Waals surface area contributed by atoms with Gasteiger partial charge in [0, 0.05) is 18.1 Å². The van der Waals surface area contributed by atoms with Crippen LogP contribution >= 0.6 is 0 Å². The minimum Gasteiger partial charge on any atom is -0.353 e. The highest BCUT2D eigenvalue weighted by Gasteiger charge is 2.31. The first-order valence-corrected chi connectivity index (χ1v) is 6.92. The Morgan fingerprint density at radius 2 is 2.18 bits per heavy atom. The molecule has 1 amide bonds. The fourth-order valence-electron chi connectivity index (χ4n) is 3.02. The minimum atomic E-state index is 0.119. The van der Waals surface area contributed by atoms with Crippen molar-refractivity contribution in [2.24, 2.45) is 0 Å². The molecule has 0 spiro atoms. The van der Waals surface area contributed by atoms with E-state index in [1.54, 1.807) is 0 Å². The zero-order chi connectivity index (χ0) is 12.3. The number of carbonyl (C=O) groups is 1. The van der Waals surface area contributed by atoms with E-state index >= 15 is 0 Å². The van der Waals surface area contributed by atoms with Gasteiger partial charge in [0.05, 0.1) is 6.54 Å². The SMILES string of the molecule is CC(C)NC(=O)CNC1CCN2CCCC2C1. The third kappa shape index (κ3) is 3.68. The second kappa shape index (κ2) is 5.83. The standard InChI is InChI=1S/C13H25N3O/c1-10(2)15-13(17)9-14-11-5-7-16-6-3-4-12(16)8-11/h10-12,14H,3-9H2,1-2H3,(H,15,17). The van der Waals surface area contributed by atoms with E-state index in [0.717, 1.165) is 6.04 Å². The van der Waals surface area contributed by atoms with Gasteiger partial charge in [0.15, 0.2) is 0 Å². The Labute approximate surface area is 104 Å². The van der Waals surface area contributed by atoms with Crippen molar-refractivity contribution in [2.45, 2.75) is 57.7 Å². The van der Waals surface area contributed by atoms with Crippen LogP contribution in [0.3, 0.4) is 0 Å². The molecule has 2 rings (SSSR count). The summed E-state index contributed by atoms with van der Waals surface area (Å²) in [4.78, 5) is 14.1. The number of hydrogen-bond donors (Lipinski definition) is 2. The second-order valence-corrected chi connectivity index (χ2v) is 5.66.